The SMILES string of the molecule is O=C(N[C@@H]1COc2ccccc2NC1=O)c1cc(Cc2ccccc2)on1. The van der Waals surface area contributed by atoms with Crippen LogP contribution in [0.25, 0.3) is 0 Å². The number of amides is 2. The highest BCUT2D eigenvalue weighted by Crippen LogP contribution is 2.26. The topological polar surface area (TPSA) is 93.5 Å². The van der Waals surface area contributed by atoms with Crippen LogP contribution in [0.1, 0.15) is 21.8 Å². The van der Waals surface area contributed by atoms with Crippen LogP contribution in [0.3, 0.4) is 0 Å². The number of nitrogens with zero attached hydrogens (tertiary/aromatic N) is 1. The Labute approximate surface area is 155 Å². The van der Waals surface area contributed by atoms with Crippen LogP contribution in [0.5, 0.6) is 5.75 Å². The summed E-state index contributed by atoms with van der Waals surface area (Å²) in [7, 11) is 0. The summed E-state index contributed by atoms with van der Waals surface area (Å²) >= 11 is 0. The van der Waals surface area contributed by atoms with E-state index in [4.69, 9.17) is 9.26 Å². The molecule has 136 valence electrons. The maximum Gasteiger partial charge on any atom is 0.274 e. The number of para-hydroxylation sites is 2. The summed E-state index contributed by atoms with van der Waals surface area (Å²) in [5.41, 5.74) is 1.75. The van der Waals surface area contributed by atoms with Gasteiger partial charge in [0.15, 0.2) is 5.69 Å². The van der Waals surface area contributed by atoms with Gasteiger partial charge in [-0.15, -0.1) is 0 Å². The number of hydrogen-bond donors (Lipinski definition) is 2. The molecule has 2 N–H and O–H groups in total. The molecule has 2 aromatic carbocycles. The van der Waals surface area contributed by atoms with Crippen LogP contribution < -0.4 is 15.4 Å². The lowest BCUT2D eigenvalue weighted by Gasteiger charge is -2.13. The molecule has 1 aliphatic heterocycles. The Morgan fingerprint density at radius 2 is 1.93 bits per heavy atom. The third-order valence-electron chi connectivity index (χ3n) is 4.19. The second-order valence-corrected chi connectivity index (χ2v) is 6.16. The predicted molar refractivity (Wildman–Crippen MR) is 97.6 cm³/mol. The van der Waals surface area contributed by atoms with Crippen molar-refractivity contribution in [2.24, 2.45) is 0 Å². The summed E-state index contributed by atoms with van der Waals surface area (Å²) in [4.78, 5) is 24.8. The van der Waals surface area contributed by atoms with Gasteiger partial charge in [-0.05, 0) is 17.7 Å². The van der Waals surface area contributed by atoms with Gasteiger partial charge in [0.1, 0.15) is 24.2 Å². The summed E-state index contributed by atoms with van der Waals surface area (Å²) in [6, 6.07) is 17.6. The molecule has 0 radical (unpaired) electrons. The third-order valence-corrected chi connectivity index (χ3v) is 4.19. The highest BCUT2D eigenvalue weighted by Gasteiger charge is 2.27. The molecular formula is C20H17N3O4. The van der Waals surface area contributed by atoms with E-state index >= 15 is 0 Å². The summed E-state index contributed by atoms with van der Waals surface area (Å²) < 4.78 is 10.8. The molecule has 1 aliphatic rings. The van der Waals surface area contributed by atoms with Gasteiger partial charge in [-0.3, -0.25) is 9.59 Å². The Morgan fingerprint density at radius 1 is 1.15 bits per heavy atom. The fourth-order valence-electron chi connectivity index (χ4n) is 2.80. The largest absolute Gasteiger partial charge is 0.489 e. The molecule has 0 bridgehead atoms. The second kappa shape index (κ2) is 7.33. The fraction of sp³-hybridized carbons (Fsp3) is 0.150. The number of anilines is 1. The number of nitrogens with one attached hydrogen (secondary N) is 2. The average Bonchev–Trinajstić information content (AvgIpc) is 3.09. The molecule has 7 nitrogen and oxygen atoms in total. The van der Waals surface area contributed by atoms with Gasteiger partial charge in [-0.25, -0.2) is 0 Å². The van der Waals surface area contributed by atoms with E-state index in [2.05, 4.69) is 15.8 Å². The first-order valence-electron chi connectivity index (χ1n) is 8.52. The number of fused-ring (bicyclic) bond motifs is 1. The highest BCUT2D eigenvalue weighted by molar-refractivity contribution is 6.01. The molecule has 0 spiro atoms. The van der Waals surface area contributed by atoms with Crippen LogP contribution in [0, 0.1) is 0 Å². The highest BCUT2D eigenvalue weighted by atomic mass is 16.5. The van der Waals surface area contributed by atoms with Crippen LogP contribution in [-0.2, 0) is 11.2 Å². The van der Waals surface area contributed by atoms with Gasteiger partial charge in [0.05, 0.1) is 5.69 Å². The van der Waals surface area contributed by atoms with Crippen molar-refractivity contribution >= 4 is 17.5 Å². The summed E-state index contributed by atoms with van der Waals surface area (Å²) in [6.45, 7) is 0.0311. The van der Waals surface area contributed by atoms with Crippen molar-refractivity contribution in [1.82, 2.24) is 10.5 Å². The van der Waals surface area contributed by atoms with Gasteiger partial charge in [0, 0.05) is 12.5 Å². The molecular weight excluding hydrogens is 346 g/mol. The first kappa shape index (κ1) is 16.8. The van der Waals surface area contributed by atoms with E-state index in [1.807, 2.05) is 36.4 Å². The van der Waals surface area contributed by atoms with E-state index in [-0.39, 0.29) is 18.2 Å². The van der Waals surface area contributed by atoms with E-state index in [0.717, 1.165) is 5.56 Å². The Morgan fingerprint density at radius 3 is 2.78 bits per heavy atom. The van der Waals surface area contributed by atoms with Crippen molar-refractivity contribution in [3.63, 3.8) is 0 Å². The zero-order valence-electron chi connectivity index (χ0n) is 14.3. The molecule has 1 atom stereocenters. The quantitative estimate of drug-likeness (QED) is 0.742. The van der Waals surface area contributed by atoms with Gasteiger partial charge < -0.3 is 19.9 Å². The minimum atomic E-state index is -0.834. The summed E-state index contributed by atoms with van der Waals surface area (Å²) in [5, 5.41) is 9.19. The van der Waals surface area contributed by atoms with Crippen molar-refractivity contribution in [2.45, 2.75) is 12.5 Å². The summed E-state index contributed by atoms with van der Waals surface area (Å²) in [5.74, 6) is 0.295. The molecule has 0 saturated heterocycles. The lowest BCUT2D eigenvalue weighted by Crippen LogP contribution is -2.46. The van der Waals surface area contributed by atoms with Gasteiger partial charge in [0.2, 0.25) is 0 Å². The third kappa shape index (κ3) is 3.82. The van der Waals surface area contributed by atoms with Crippen molar-refractivity contribution < 1.29 is 18.8 Å². The first-order chi connectivity index (χ1) is 13.2. The molecule has 0 unspecified atom stereocenters. The van der Waals surface area contributed by atoms with E-state index in [1.54, 1.807) is 24.3 Å². The molecule has 2 heterocycles. The zero-order valence-corrected chi connectivity index (χ0v) is 14.3. The van der Waals surface area contributed by atoms with Crippen LogP contribution in [-0.4, -0.2) is 29.6 Å². The van der Waals surface area contributed by atoms with Gasteiger partial charge in [0.25, 0.3) is 11.8 Å². The average molecular weight is 363 g/mol. The first-order valence-corrected chi connectivity index (χ1v) is 8.52. The molecule has 1 aromatic heterocycles. The molecule has 3 aromatic rings. The van der Waals surface area contributed by atoms with Gasteiger partial charge >= 0.3 is 0 Å². The molecule has 0 fully saturated rings. The monoisotopic (exact) mass is 363 g/mol. The minimum Gasteiger partial charge on any atom is -0.489 e. The Bertz CT molecular complexity index is 968. The van der Waals surface area contributed by atoms with E-state index in [1.165, 1.54) is 0 Å². The predicted octanol–water partition coefficient (Wildman–Crippen LogP) is 2.39. The maximum absolute atomic E-state index is 12.4. The standard InChI is InChI=1S/C20H17N3O4/c24-19(16-11-14(27-23-16)10-13-6-2-1-3-7-13)22-17-12-26-18-9-5-4-8-15(18)21-20(17)25/h1-9,11,17H,10,12H2,(H,21,25)(H,22,24)/t17-/m1/s1. The number of carbonyl (C=O) groups excluding carboxylic acids is 2. The lowest BCUT2D eigenvalue weighted by atomic mass is 10.1. The number of aromatic nitrogens is 1. The minimum absolute atomic E-state index is 0.0311. The lowest BCUT2D eigenvalue weighted by molar-refractivity contribution is -0.118. The molecule has 2 amide bonds. The van der Waals surface area contributed by atoms with Crippen LogP contribution in [0.15, 0.2) is 65.2 Å². The normalized spacial score (nSPS) is 15.9. The molecule has 7 heteroatoms. The Hall–Kier alpha value is -3.61. The summed E-state index contributed by atoms with van der Waals surface area (Å²) in [6.07, 6.45) is 0.531. The Balaban J connectivity index is 1.41. The number of ether oxygens (including phenoxy) is 1. The van der Waals surface area contributed by atoms with Crippen LogP contribution >= 0.6 is 0 Å². The molecule has 27 heavy (non-hydrogen) atoms. The number of benzene rings is 2. The van der Waals surface area contributed by atoms with Crippen LogP contribution in [0.4, 0.5) is 5.69 Å². The smallest absolute Gasteiger partial charge is 0.274 e. The fourth-order valence-corrected chi connectivity index (χ4v) is 2.80. The molecule has 4 rings (SSSR count). The zero-order chi connectivity index (χ0) is 18.6. The van der Waals surface area contributed by atoms with Gasteiger partial charge in [-0.1, -0.05) is 47.6 Å². The number of carbonyl (C=O) groups is 2. The van der Waals surface area contributed by atoms with E-state index in [0.29, 0.717) is 23.6 Å². The van der Waals surface area contributed by atoms with Gasteiger partial charge in [-0.2, -0.15) is 0 Å². The van der Waals surface area contributed by atoms with Crippen molar-refractivity contribution in [3.8, 4) is 5.75 Å². The second-order valence-electron chi connectivity index (χ2n) is 6.16. The van der Waals surface area contributed by atoms with Crippen molar-refractivity contribution in [3.05, 3.63) is 77.7 Å². The van der Waals surface area contributed by atoms with E-state index in [9.17, 15) is 9.59 Å². The van der Waals surface area contributed by atoms with Crippen molar-refractivity contribution in [1.29, 1.82) is 0 Å². The van der Waals surface area contributed by atoms with Crippen molar-refractivity contribution in [2.75, 3.05) is 11.9 Å². The molecule has 0 saturated carbocycles. The Kier molecular flexibility index (Phi) is 4.57. The van der Waals surface area contributed by atoms with Crippen LogP contribution in [0.2, 0.25) is 0 Å². The number of hydrogen-bond acceptors (Lipinski definition) is 5. The maximum atomic E-state index is 12.4. The number of rotatable bonds is 4. The van der Waals surface area contributed by atoms with E-state index < -0.39 is 11.9 Å². The molecule has 0 aliphatic carbocycles.